The molecule has 1 aromatic rings. The second kappa shape index (κ2) is 7.74. The molecule has 0 aromatic heterocycles. The Hall–Kier alpha value is -2.28. The van der Waals surface area contributed by atoms with E-state index in [0.29, 0.717) is 30.2 Å². The second-order valence-electron chi connectivity index (χ2n) is 6.39. The van der Waals surface area contributed by atoms with Crippen molar-refractivity contribution in [2.24, 2.45) is 11.8 Å². The summed E-state index contributed by atoms with van der Waals surface area (Å²) >= 11 is 0. The van der Waals surface area contributed by atoms with Crippen molar-refractivity contribution in [3.63, 3.8) is 0 Å². The highest BCUT2D eigenvalue weighted by molar-refractivity contribution is 5.99. The Morgan fingerprint density at radius 3 is 2.60 bits per heavy atom. The number of benzene rings is 1. The van der Waals surface area contributed by atoms with Crippen LogP contribution in [-0.4, -0.2) is 45.3 Å². The molecule has 136 valence electrons. The normalized spacial score (nSPS) is 24.5. The van der Waals surface area contributed by atoms with Crippen molar-refractivity contribution in [1.82, 2.24) is 5.32 Å². The Kier molecular flexibility index (Phi) is 5.43. The van der Waals surface area contributed by atoms with Crippen molar-refractivity contribution in [2.45, 2.75) is 25.4 Å². The molecule has 7 heteroatoms. The fourth-order valence-electron chi connectivity index (χ4n) is 3.07. The van der Waals surface area contributed by atoms with Gasteiger partial charge in [-0.25, -0.2) is 0 Å². The van der Waals surface area contributed by atoms with Crippen LogP contribution in [0.5, 0.6) is 11.5 Å². The first-order chi connectivity index (χ1) is 12.1. The van der Waals surface area contributed by atoms with Gasteiger partial charge in [0.2, 0.25) is 11.8 Å². The van der Waals surface area contributed by atoms with Crippen LogP contribution in [0.1, 0.15) is 19.3 Å². The van der Waals surface area contributed by atoms with E-state index in [1.54, 1.807) is 32.4 Å². The SMILES string of the molecule is COc1ccc(NC(=O)C2CC2C(=O)NCC2CCCO2)cc1OC. The number of carbonyl (C=O) groups is 2. The third kappa shape index (κ3) is 4.22. The van der Waals surface area contributed by atoms with Crippen LogP contribution in [0.2, 0.25) is 0 Å². The highest BCUT2D eigenvalue weighted by Gasteiger charge is 2.48. The Labute approximate surface area is 147 Å². The van der Waals surface area contributed by atoms with E-state index in [-0.39, 0.29) is 29.8 Å². The number of rotatable bonds is 7. The van der Waals surface area contributed by atoms with Gasteiger partial charge in [-0.15, -0.1) is 0 Å². The third-order valence-electron chi connectivity index (χ3n) is 4.64. The van der Waals surface area contributed by atoms with E-state index in [1.165, 1.54) is 0 Å². The van der Waals surface area contributed by atoms with Crippen molar-refractivity contribution < 1.29 is 23.8 Å². The summed E-state index contributed by atoms with van der Waals surface area (Å²) in [7, 11) is 3.10. The van der Waals surface area contributed by atoms with E-state index in [1.807, 2.05) is 0 Å². The van der Waals surface area contributed by atoms with Crippen molar-refractivity contribution >= 4 is 17.5 Å². The predicted octanol–water partition coefficient (Wildman–Crippen LogP) is 1.57. The van der Waals surface area contributed by atoms with Crippen LogP contribution in [0.4, 0.5) is 5.69 Å². The first-order valence-electron chi connectivity index (χ1n) is 8.54. The average Bonchev–Trinajstić information content (AvgIpc) is 3.27. The van der Waals surface area contributed by atoms with E-state index >= 15 is 0 Å². The highest BCUT2D eigenvalue weighted by atomic mass is 16.5. The molecule has 1 aliphatic carbocycles. The largest absolute Gasteiger partial charge is 0.493 e. The summed E-state index contributed by atoms with van der Waals surface area (Å²) < 4.78 is 15.9. The van der Waals surface area contributed by atoms with Crippen molar-refractivity contribution in [1.29, 1.82) is 0 Å². The molecule has 2 fully saturated rings. The van der Waals surface area contributed by atoms with E-state index in [2.05, 4.69) is 10.6 Å². The number of nitrogens with one attached hydrogen (secondary N) is 2. The number of hydrogen-bond donors (Lipinski definition) is 2. The Bertz CT molecular complexity index is 642. The number of methoxy groups -OCH3 is 2. The number of anilines is 1. The first-order valence-corrected chi connectivity index (χ1v) is 8.54. The molecule has 7 nitrogen and oxygen atoms in total. The lowest BCUT2D eigenvalue weighted by Gasteiger charge is -2.11. The Morgan fingerprint density at radius 2 is 1.92 bits per heavy atom. The minimum Gasteiger partial charge on any atom is -0.493 e. The standard InChI is InChI=1S/C18H24N2O5/c1-23-15-6-5-11(8-16(15)24-2)20-18(22)14-9-13(14)17(21)19-10-12-4-3-7-25-12/h5-6,8,12-14H,3-4,7,9-10H2,1-2H3,(H,19,21)(H,20,22). The van der Waals surface area contributed by atoms with Gasteiger partial charge in [0.25, 0.3) is 0 Å². The molecular formula is C18H24N2O5. The van der Waals surface area contributed by atoms with Crippen LogP contribution >= 0.6 is 0 Å². The molecule has 1 saturated heterocycles. The number of amides is 2. The molecule has 0 spiro atoms. The molecule has 1 heterocycles. The summed E-state index contributed by atoms with van der Waals surface area (Å²) in [5.74, 6) is 0.395. The molecule has 2 N–H and O–H groups in total. The van der Waals surface area contributed by atoms with Gasteiger partial charge >= 0.3 is 0 Å². The topological polar surface area (TPSA) is 85.9 Å². The zero-order valence-corrected chi connectivity index (χ0v) is 14.5. The Morgan fingerprint density at radius 1 is 1.16 bits per heavy atom. The molecule has 1 aliphatic heterocycles. The molecule has 1 saturated carbocycles. The van der Waals surface area contributed by atoms with Crippen LogP contribution in [-0.2, 0) is 14.3 Å². The third-order valence-corrected chi connectivity index (χ3v) is 4.64. The zero-order valence-electron chi connectivity index (χ0n) is 14.5. The number of carbonyl (C=O) groups excluding carboxylic acids is 2. The molecule has 3 rings (SSSR count). The van der Waals surface area contributed by atoms with Crippen LogP contribution in [0.3, 0.4) is 0 Å². The lowest BCUT2D eigenvalue weighted by molar-refractivity contribution is -0.125. The fourth-order valence-corrected chi connectivity index (χ4v) is 3.07. The molecule has 25 heavy (non-hydrogen) atoms. The number of hydrogen-bond acceptors (Lipinski definition) is 5. The van der Waals surface area contributed by atoms with Gasteiger partial charge in [-0.05, 0) is 31.4 Å². The quantitative estimate of drug-likeness (QED) is 0.781. The van der Waals surface area contributed by atoms with Gasteiger partial charge in [-0.1, -0.05) is 0 Å². The van der Waals surface area contributed by atoms with Crippen molar-refractivity contribution in [3.05, 3.63) is 18.2 Å². The van der Waals surface area contributed by atoms with Gasteiger partial charge in [-0.2, -0.15) is 0 Å². The van der Waals surface area contributed by atoms with Crippen molar-refractivity contribution in [3.8, 4) is 11.5 Å². The van der Waals surface area contributed by atoms with Crippen LogP contribution in [0, 0.1) is 11.8 Å². The van der Waals surface area contributed by atoms with E-state index in [9.17, 15) is 9.59 Å². The molecular weight excluding hydrogens is 324 g/mol. The van der Waals surface area contributed by atoms with Crippen LogP contribution < -0.4 is 20.1 Å². The van der Waals surface area contributed by atoms with Crippen LogP contribution in [0.15, 0.2) is 18.2 Å². The Balaban J connectivity index is 1.48. The maximum absolute atomic E-state index is 12.3. The van der Waals surface area contributed by atoms with Gasteiger partial charge in [0.05, 0.1) is 32.2 Å². The average molecular weight is 348 g/mol. The highest BCUT2D eigenvalue weighted by Crippen LogP contribution is 2.40. The van der Waals surface area contributed by atoms with Crippen LogP contribution in [0.25, 0.3) is 0 Å². The van der Waals surface area contributed by atoms with Gasteiger partial charge in [0, 0.05) is 24.9 Å². The maximum Gasteiger partial charge on any atom is 0.228 e. The lowest BCUT2D eigenvalue weighted by Crippen LogP contribution is -2.33. The summed E-state index contributed by atoms with van der Waals surface area (Å²) in [6.07, 6.45) is 2.71. The monoisotopic (exact) mass is 348 g/mol. The number of ether oxygens (including phenoxy) is 3. The molecule has 3 unspecified atom stereocenters. The molecule has 0 bridgehead atoms. The van der Waals surface area contributed by atoms with Crippen molar-refractivity contribution in [2.75, 3.05) is 32.7 Å². The van der Waals surface area contributed by atoms with Gasteiger partial charge in [-0.3, -0.25) is 9.59 Å². The molecule has 0 radical (unpaired) electrons. The second-order valence-corrected chi connectivity index (χ2v) is 6.39. The van der Waals surface area contributed by atoms with Gasteiger partial charge in [0.1, 0.15) is 0 Å². The summed E-state index contributed by atoms with van der Waals surface area (Å²) in [5.41, 5.74) is 0.619. The predicted molar refractivity (Wildman–Crippen MR) is 91.8 cm³/mol. The zero-order chi connectivity index (χ0) is 17.8. The molecule has 3 atom stereocenters. The summed E-state index contributed by atoms with van der Waals surface area (Å²) in [6, 6.07) is 5.17. The smallest absolute Gasteiger partial charge is 0.228 e. The lowest BCUT2D eigenvalue weighted by atomic mass is 10.2. The van der Waals surface area contributed by atoms with E-state index in [0.717, 1.165) is 19.4 Å². The first kappa shape index (κ1) is 17.5. The van der Waals surface area contributed by atoms with Gasteiger partial charge in [0.15, 0.2) is 11.5 Å². The maximum atomic E-state index is 12.3. The summed E-state index contributed by atoms with van der Waals surface area (Å²) in [5, 5.41) is 5.72. The molecule has 2 aliphatic rings. The summed E-state index contributed by atoms with van der Waals surface area (Å²) in [6.45, 7) is 1.29. The minimum absolute atomic E-state index is 0.0667. The van der Waals surface area contributed by atoms with E-state index < -0.39 is 0 Å². The van der Waals surface area contributed by atoms with Gasteiger partial charge < -0.3 is 24.8 Å². The summed E-state index contributed by atoms with van der Waals surface area (Å²) in [4.78, 5) is 24.4. The molecule has 1 aromatic carbocycles. The molecule has 2 amide bonds. The minimum atomic E-state index is -0.280. The fraction of sp³-hybridized carbons (Fsp3) is 0.556. The van der Waals surface area contributed by atoms with E-state index in [4.69, 9.17) is 14.2 Å².